The molecule has 4 heteroatoms. The minimum Gasteiger partial charge on any atom is -0.497 e. The third-order valence-corrected chi connectivity index (χ3v) is 3.70. The molecule has 0 aromatic heterocycles. The number of nitrogens with one attached hydrogen (secondary N) is 1. The highest BCUT2D eigenvalue weighted by Gasteiger charge is 2.12. The molecule has 0 saturated carbocycles. The average molecular weight is 309 g/mol. The van der Waals surface area contributed by atoms with Crippen LogP contribution in [0.5, 0.6) is 5.75 Å². The molecule has 120 valence electrons. The first-order valence-electron chi connectivity index (χ1n) is 7.63. The maximum Gasteiger partial charge on any atom is 0.118 e. The first-order chi connectivity index (χ1) is 11.1. The van der Waals surface area contributed by atoms with Crippen LogP contribution in [0.4, 0.5) is 0 Å². The van der Waals surface area contributed by atoms with Crippen molar-refractivity contribution in [2.24, 2.45) is 0 Å². The van der Waals surface area contributed by atoms with Crippen LogP contribution in [0.3, 0.4) is 0 Å². The molecule has 0 heterocycles. The zero-order chi connectivity index (χ0) is 16.7. The summed E-state index contributed by atoms with van der Waals surface area (Å²) in [6.45, 7) is 1.67. The van der Waals surface area contributed by atoms with Gasteiger partial charge in [0, 0.05) is 19.1 Å². The van der Waals surface area contributed by atoms with Crippen molar-refractivity contribution in [3.05, 3.63) is 65.2 Å². The molecule has 1 N–H and O–H groups in total. The maximum absolute atomic E-state index is 8.86. The van der Waals surface area contributed by atoms with Crippen LogP contribution >= 0.6 is 0 Å². The smallest absolute Gasteiger partial charge is 0.118 e. The average Bonchev–Trinajstić information content (AvgIpc) is 2.59. The van der Waals surface area contributed by atoms with E-state index < -0.39 is 0 Å². The third kappa shape index (κ3) is 5.10. The lowest BCUT2D eigenvalue weighted by atomic mass is 10.1. The predicted octanol–water partition coefficient (Wildman–Crippen LogP) is 2.96. The summed E-state index contributed by atoms with van der Waals surface area (Å²) >= 11 is 0. The lowest BCUT2D eigenvalue weighted by molar-refractivity contribution is 0.340. The molecule has 1 atom stereocenters. The SMILES string of the molecule is COc1ccc([C@@H](CN(C)C)NCc2ccc(C#N)cc2)cc1. The van der Waals surface area contributed by atoms with Crippen molar-refractivity contribution >= 4 is 0 Å². The van der Waals surface area contributed by atoms with Crippen molar-refractivity contribution in [2.75, 3.05) is 27.7 Å². The van der Waals surface area contributed by atoms with E-state index in [1.165, 1.54) is 11.1 Å². The first kappa shape index (κ1) is 17.0. The Morgan fingerprint density at radius 2 is 1.74 bits per heavy atom. The van der Waals surface area contributed by atoms with Crippen LogP contribution in [-0.4, -0.2) is 32.6 Å². The number of methoxy groups -OCH3 is 1. The number of hydrogen-bond acceptors (Lipinski definition) is 4. The molecule has 0 aliphatic heterocycles. The lowest BCUT2D eigenvalue weighted by Gasteiger charge is -2.23. The van der Waals surface area contributed by atoms with E-state index in [9.17, 15) is 0 Å². The van der Waals surface area contributed by atoms with E-state index in [2.05, 4.69) is 42.5 Å². The number of ether oxygens (including phenoxy) is 1. The number of likely N-dealkylation sites (N-methyl/N-ethyl adjacent to an activating group) is 1. The van der Waals surface area contributed by atoms with Crippen molar-refractivity contribution in [2.45, 2.75) is 12.6 Å². The Morgan fingerprint density at radius 3 is 2.26 bits per heavy atom. The zero-order valence-electron chi connectivity index (χ0n) is 13.9. The van der Waals surface area contributed by atoms with Crippen molar-refractivity contribution in [3.8, 4) is 11.8 Å². The van der Waals surface area contributed by atoms with Gasteiger partial charge in [-0.1, -0.05) is 24.3 Å². The van der Waals surface area contributed by atoms with Crippen molar-refractivity contribution in [3.63, 3.8) is 0 Å². The Bertz CT molecular complexity index is 642. The summed E-state index contributed by atoms with van der Waals surface area (Å²) in [6, 6.07) is 18.2. The molecule has 0 amide bonds. The molecule has 0 aliphatic rings. The molecule has 0 aliphatic carbocycles. The minimum absolute atomic E-state index is 0.228. The van der Waals surface area contributed by atoms with Gasteiger partial charge >= 0.3 is 0 Å². The third-order valence-electron chi connectivity index (χ3n) is 3.70. The highest BCUT2D eigenvalue weighted by Crippen LogP contribution is 2.19. The number of nitrogens with zero attached hydrogens (tertiary/aromatic N) is 2. The van der Waals surface area contributed by atoms with Crippen LogP contribution in [0.1, 0.15) is 22.7 Å². The van der Waals surface area contributed by atoms with Crippen LogP contribution in [0.15, 0.2) is 48.5 Å². The second kappa shape index (κ2) is 8.33. The van der Waals surface area contributed by atoms with E-state index in [0.29, 0.717) is 5.56 Å². The van der Waals surface area contributed by atoms with Gasteiger partial charge in [-0.05, 0) is 49.5 Å². The quantitative estimate of drug-likeness (QED) is 0.854. The molecule has 23 heavy (non-hydrogen) atoms. The normalized spacial score (nSPS) is 12.0. The Hall–Kier alpha value is -2.35. The van der Waals surface area contributed by atoms with Gasteiger partial charge in [0.25, 0.3) is 0 Å². The van der Waals surface area contributed by atoms with E-state index in [1.807, 2.05) is 36.4 Å². The summed E-state index contributed by atoms with van der Waals surface area (Å²) in [6.07, 6.45) is 0. The summed E-state index contributed by atoms with van der Waals surface area (Å²) in [4.78, 5) is 2.17. The predicted molar refractivity (Wildman–Crippen MR) is 92.3 cm³/mol. The minimum atomic E-state index is 0.228. The van der Waals surface area contributed by atoms with Gasteiger partial charge in [-0.25, -0.2) is 0 Å². The molecule has 2 rings (SSSR count). The van der Waals surface area contributed by atoms with E-state index in [-0.39, 0.29) is 6.04 Å². The monoisotopic (exact) mass is 309 g/mol. The zero-order valence-corrected chi connectivity index (χ0v) is 13.9. The second-order valence-electron chi connectivity index (χ2n) is 5.78. The Balaban J connectivity index is 2.06. The fourth-order valence-electron chi connectivity index (χ4n) is 2.43. The van der Waals surface area contributed by atoms with Crippen molar-refractivity contribution < 1.29 is 4.74 Å². The van der Waals surface area contributed by atoms with Gasteiger partial charge in [0.1, 0.15) is 5.75 Å². The maximum atomic E-state index is 8.86. The summed E-state index contributed by atoms with van der Waals surface area (Å²) in [5, 5.41) is 12.4. The van der Waals surface area contributed by atoms with Gasteiger partial charge in [0.15, 0.2) is 0 Å². The van der Waals surface area contributed by atoms with Gasteiger partial charge < -0.3 is 15.0 Å². The molecule has 0 bridgehead atoms. The van der Waals surface area contributed by atoms with Crippen molar-refractivity contribution in [1.29, 1.82) is 5.26 Å². The standard InChI is InChI=1S/C19H23N3O/c1-22(2)14-19(17-8-10-18(23-3)11-9-17)21-13-16-6-4-15(12-20)5-7-16/h4-11,19,21H,13-14H2,1-3H3/t19-/m1/s1. The van der Waals surface area contributed by atoms with Gasteiger partial charge in [0.2, 0.25) is 0 Å². The van der Waals surface area contributed by atoms with Gasteiger partial charge in [-0.2, -0.15) is 5.26 Å². The molecular formula is C19H23N3O. The summed E-state index contributed by atoms with van der Waals surface area (Å²) in [5.74, 6) is 0.865. The van der Waals surface area contributed by atoms with E-state index >= 15 is 0 Å². The number of rotatable bonds is 7. The molecule has 4 nitrogen and oxygen atoms in total. The van der Waals surface area contributed by atoms with Crippen LogP contribution in [-0.2, 0) is 6.54 Å². The molecule has 2 aromatic carbocycles. The summed E-state index contributed by atoms with van der Waals surface area (Å²) < 4.78 is 5.22. The molecule has 0 radical (unpaired) electrons. The highest BCUT2D eigenvalue weighted by atomic mass is 16.5. The van der Waals surface area contributed by atoms with Crippen LogP contribution in [0, 0.1) is 11.3 Å². The topological polar surface area (TPSA) is 48.3 Å². The molecule has 2 aromatic rings. The largest absolute Gasteiger partial charge is 0.497 e. The molecule has 0 spiro atoms. The molecule has 0 fully saturated rings. The fraction of sp³-hybridized carbons (Fsp3) is 0.316. The number of hydrogen-bond donors (Lipinski definition) is 1. The molecule has 0 unspecified atom stereocenters. The lowest BCUT2D eigenvalue weighted by Crippen LogP contribution is -2.30. The summed E-state index contributed by atoms with van der Waals surface area (Å²) in [5.41, 5.74) is 3.09. The van der Waals surface area contributed by atoms with Gasteiger partial charge in [0.05, 0.1) is 18.7 Å². The second-order valence-corrected chi connectivity index (χ2v) is 5.78. The Labute approximate surface area is 138 Å². The van der Waals surface area contributed by atoms with Crippen molar-refractivity contribution in [1.82, 2.24) is 10.2 Å². The number of nitriles is 1. The van der Waals surface area contributed by atoms with Crippen LogP contribution < -0.4 is 10.1 Å². The molecular weight excluding hydrogens is 286 g/mol. The molecule has 0 saturated heterocycles. The van der Waals surface area contributed by atoms with Gasteiger partial charge in [-0.3, -0.25) is 0 Å². The summed E-state index contributed by atoms with van der Waals surface area (Å²) in [7, 11) is 5.81. The van der Waals surface area contributed by atoms with Crippen LogP contribution in [0.2, 0.25) is 0 Å². The Morgan fingerprint density at radius 1 is 1.09 bits per heavy atom. The first-order valence-corrected chi connectivity index (χ1v) is 7.63. The Kier molecular flexibility index (Phi) is 6.16. The van der Waals surface area contributed by atoms with E-state index in [0.717, 1.165) is 18.8 Å². The van der Waals surface area contributed by atoms with E-state index in [1.54, 1.807) is 7.11 Å². The fourth-order valence-corrected chi connectivity index (χ4v) is 2.43. The van der Waals surface area contributed by atoms with Crippen LogP contribution in [0.25, 0.3) is 0 Å². The van der Waals surface area contributed by atoms with E-state index in [4.69, 9.17) is 10.00 Å². The van der Waals surface area contributed by atoms with Gasteiger partial charge in [-0.15, -0.1) is 0 Å². The highest BCUT2D eigenvalue weighted by molar-refractivity contribution is 5.32. The number of benzene rings is 2.